The van der Waals surface area contributed by atoms with Crippen molar-refractivity contribution >= 4 is 27.0 Å². The molecule has 2 aromatic heterocycles. The smallest absolute Gasteiger partial charge is 0.263 e. The summed E-state index contributed by atoms with van der Waals surface area (Å²) in [4.78, 5) is 12.9. The highest BCUT2D eigenvalue weighted by Gasteiger charge is 2.20. The normalized spacial score (nSPS) is 11.2. The summed E-state index contributed by atoms with van der Waals surface area (Å²) in [5, 5.41) is 8.89. The molecule has 2 heterocycles. The summed E-state index contributed by atoms with van der Waals surface area (Å²) in [5.74, 6) is 1.39. The fourth-order valence-electron chi connectivity index (χ4n) is 2.97. The second-order valence-electron chi connectivity index (χ2n) is 6.36. The van der Waals surface area contributed by atoms with Crippen molar-refractivity contribution in [1.82, 2.24) is 19.5 Å². The molecule has 2 aromatic carbocycles. The zero-order chi connectivity index (χ0) is 21.3. The Balaban J connectivity index is 1.75. The predicted molar refractivity (Wildman–Crippen MR) is 110 cm³/mol. The molecular formula is C20H16N6O3S. The van der Waals surface area contributed by atoms with Crippen molar-refractivity contribution in [3.63, 3.8) is 0 Å². The Kier molecular flexibility index (Phi) is 4.81. The summed E-state index contributed by atoms with van der Waals surface area (Å²) in [5.41, 5.74) is 1.99. The summed E-state index contributed by atoms with van der Waals surface area (Å²) in [6, 6.07) is 14.9. The number of nitriles is 1. The van der Waals surface area contributed by atoms with E-state index >= 15 is 0 Å². The van der Waals surface area contributed by atoms with Gasteiger partial charge in [-0.25, -0.2) is 23.4 Å². The van der Waals surface area contributed by atoms with E-state index < -0.39 is 10.0 Å². The highest BCUT2D eigenvalue weighted by Crippen LogP contribution is 2.28. The van der Waals surface area contributed by atoms with Gasteiger partial charge in [0.2, 0.25) is 0 Å². The first-order valence-electron chi connectivity index (χ1n) is 8.78. The maximum absolute atomic E-state index is 12.8. The monoisotopic (exact) mass is 420 g/mol. The number of hydrogen-bond acceptors (Lipinski definition) is 7. The first-order valence-corrected chi connectivity index (χ1v) is 10.3. The maximum atomic E-state index is 12.8. The molecule has 9 nitrogen and oxygen atoms in total. The van der Waals surface area contributed by atoms with Crippen LogP contribution in [0.15, 0.2) is 59.8 Å². The van der Waals surface area contributed by atoms with Crippen LogP contribution in [-0.2, 0) is 17.1 Å². The van der Waals surface area contributed by atoms with Crippen LogP contribution in [0, 0.1) is 11.3 Å². The average molecular weight is 420 g/mol. The molecule has 0 radical (unpaired) electrons. The minimum absolute atomic E-state index is 0.0135. The molecule has 0 atom stereocenters. The summed E-state index contributed by atoms with van der Waals surface area (Å²) in [7, 11) is -0.541. The number of aryl methyl sites for hydroxylation is 1. The zero-order valence-electron chi connectivity index (χ0n) is 16.1. The van der Waals surface area contributed by atoms with Gasteiger partial charge >= 0.3 is 0 Å². The van der Waals surface area contributed by atoms with E-state index in [1.807, 2.05) is 30.3 Å². The molecular weight excluding hydrogens is 404 g/mol. The SMILES string of the molecule is COc1ccc(-c2nc3c(NS(=O)(=O)c4ccc(C#N)cc4)ncnc3n2C)cc1. The van der Waals surface area contributed by atoms with E-state index in [1.165, 1.54) is 30.6 Å². The Hall–Kier alpha value is -3.97. The Morgan fingerprint density at radius 1 is 1.07 bits per heavy atom. The maximum Gasteiger partial charge on any atom is 0.263 e. The second kappa shape index (κ2) is 7.46. The zero-order valence-corrected chi connectivity index (χ0v) is 16.9. The summed E-state index contributed by atoms with van der Waals surface area (Å²) < 4.78 is 35.0. The molecule has 0 saturated carbocycles. The molecule has 0 fully saturated rings. The van der Waals surface area contributed by atoms with Gasteiger partial charge in [-0.1, -0.05) is 0 Å². The van der Waals surface area contributed by atoms with Crippen LogP contribution in [0.1, 0.15) is 5.56 Å². The Bertz CT molecular complexity index is 1370. The van der Waals surface area contributed by atoms with Gasteiger partial charge in [-0.3, -0.25) is 4.72 Å². The van der Waals surface area contributed by atoms with Crippen molar-refractivity contribution in [2.45, 2.75) is 4.90 Å². The highest BCUT2D eigenvalue weighted by molar-refractivity contribution is 7.92. The number of sulfonamides is 1. The van der Waals surface area contributed by atoms with Crippen LogP contribution in [0.5, 0.6) is 5.75 Å². The molecule has 4 rings (SSSR count). The third-order valence-electron chi connectivity index (χ3n) is 4.53. The van der Waals surface area contributed by atoms with Crippen LogP contribution >= 0.6 is 0 Å². The number of ether oxygens (including phenoxy) is 1. The number of methoxy groups -OCH3 is 1. The van der Waals surface area contributed by atoms with Gasteiger partial charge in [0, 0.05) is 12.6 Å². The molecule has 10 heteroatoms. The predicted octanol–water partition coefficient (Wildman–Crippen LogP) is 2.71. The molecule has 1 N–H and O–H groups in total. The summed E-state index contributed by atoms with van der Waals surface area (Å²) in [6.45, 7) is 0. The lowest BCUT2D eigenvalue weighted by atomic mass is 10.2. The Labute approximate surface area is 172 Å². The minimum Gasteiger partial charge on any atom is -0.497 e. The van der Waals surface area contributed by atoms with Crippen LogP contribution in [0.2, 0.25) is 0 Å². The molecule has 0 saturated heterocycles. The van der Waals surface area contributed by atoms with Gasteiger partial charge in [0.05, 0.1) is 23.6 Å². The average Bonchev–Trinajstić information content (AvgIpc) is 3.11. The van der Waals surface area contributed by atoms with E-state index in [-0.39, 0.29) is 10.7 Å². The van der Waals surface area contributed by atoms with Crippen LogP contribution in [0.4, 0.5) is 5.82 Å². The van der Waals surface area contributed by atoms with E-state index in [4.69, 9.17) is 10.00 Å². The standard InChI is InChI=1S/C20H16N6O3S/c1-26-19(14-5-7-15(29-2)8-6-14)24-17-18(22-12-23-20(17)26)25-30(27,28)16-9-3-13(11-21)4-10-16/h3-10,12H,1-2H3,(H,22,23,25). The molecule has 0 aliphatic rings. The molecule has 4 aromatic rings. The van der Waals surface area contributed by atoms with E-state index in [9.17, 15) is 8.42 Å². The molecule has 0 bridgehead atoms. The largest absolute Gasteiger partial charge is 0.497 e. The molecule has 0 aliphatic carbocycles. The number of rotatable bonds is 5. The quantitative estimate of drug-likeness (QED) is 0.526. The number of benzene rings is 2. The number of fused-ring (bicyclic) bond motifs is 1. The molecule has 30 heavy (non-hydrogen) atoms. The second-order valence-corrected chi connectivity index (χ2v) is 8.04. The Morgan fingerprint density at radius 2 is 1.77 bits per heavy atom. The van der Waals surface area contributed by atoms with Gasteiger partial charge in [-0.05, 0) is 48.5 Å². The van der Waals surface area contributed by atoms with Crippen LogP contribution < -0.4 is 9.46 Å². The molecule has 0 amide bonds. The van der Waals surface area contributed by atoms with E-state index in [2.05, 4.69) is 19.7 Å². The molecule has 0 unspecified atom stereocenters. The number of imidazole rings is 1. The fraction of sp³-hybridized carbons (Fsp3) is 0.100. The summed E-state index contributed by atoms with van der Waals surface area (Å²) >= 11 is 0. The lowest BCUT2D eigenvalue weighted by Crippen LogP contribution is -2.14. The number of nitrogens with one attached hydrogen (secondary N) is 1. The van der Waals surface area contributed by atoms with Gasteiger partial charge in [0.1, 0.15) is 17.9 Å². The first-order chi connectivity index (χ1) is 14.4. The van der Waals surface area contributed by atoms with Crippen LogP contribution in [-0.4, -0.2) is 35.0 Å². The topological polar surface area (TPSA) is 123 Å². The number of nitrogens with zero attached hydrogens (tertiary/aromatic N) is 5. The molecule has 0 spiro atoms. The van der Waals surface area contributed by atoms with Crippen molar-refractivity contribution in [1.29, 1.82) is 5.26 Å². The van der Waals surface area contributed by atoms with Crippen molar-refractivity contribution in [3.05, 3.63) is 60.4 Å². The summed E-state index contributed by atoms with van der Waals surface area (Å²) in [6.07, 6.45) is 1.28. The van der Waals surface area contributed by atoms with Gasteiger partial charge in [0.15, 0.2) is 17.0 Å². The molecule has 0 aliphatic heterocycles. The first kappa shape index (κ1) is 19.4. The highest BCUT2D eigenvalue weighted by atomic mass is 32.2. The van der Waals surface area contributed by atoms with Gasteiger partial charge < -0.3 is 9.30 Å². The van der Waals surface area contributed by atoms with Crippen molar-refractivity contribution in [3.8, 4) is 23.2 Å². The third-order valence-corrected chi connectivity index (χ3v) is 5.88. The number of aromatic nitrogens is 4. The van der Waals surface area contributed by atoms with Gasteiger partial charge in [0.25, 0.3) is 10.0 Å². The van der Waals surface area contributed by atoms with Crippen molar-refractivity contribution in [2.75, 3.05) is 11.8 Å². The van der Waals surface area contributed by atoms with Crippen LogP contribution in [0.25, 0.3) is 22.6 Å². The third kappa shape index (κ3) is 3.42. The van der Waals surface area contributed by atoms with E-state index in [0.717, 1.165) is 5.56 Å². The fourth-order valence-corrected chi connectivity index (χ4v) is 3.98. The van der Waals surface area contributed by atoms with Crippen LogP contribution in [0.3, 0.4) is 0 Å². The number of anilines is 1. The van der Waals surface area contributed by atoms with Gasteiger partial charge in [-0.15, -0.1) is 0 Å². The van der Waals surface area contributed by atoms with Crippen molar-refractivity contribution in [2.24, 2.45) is 7.05 Å². The van der Waals surface area contributed by atoms with E-state index in [0.29, 0.717) is 28.3 Å². The lowest BCUT2D eigenvalue weighted by molar-refractivity contribution is 0.415. The van der Waals surface area contributed by atoms with E-state index in [1.54, 1.807) is 18.7 Å². The lowest BCUT2D eigenvalue weighted by Gasteiger charge is -2.07. The Morgan fingerprint density at radius 3 is 2.40 bits per heavy atom. The molecule has 150 valence electrons. The minimum atomic E-state index is -3.92. The van der Waals surface area contributed by atoms with Crippen molar-refractivity contribution < 1.29 is 13.2 Å². The number of hydrogen-bond donors (Lipinski definition) is 1. The van der Waals surface area contributed by atoms with Gasteiger partial charge in [-0.2, -0.15) is 5.26 Å².